The Kier molecular flexibility index (Phi) is 3.86. The third kappa shape index (κ3) is 2.67. The maximum atomic E-state index is 8.64. The highest BCUT2D eigenvalue weighted by Crippen LogP contribution is 2.24. The van der Waals surface area contributed by atoms with E-state index in [1.165, 1.54) is 0 Å². The Morgan fingerprint density at radius 1 is 1.25 bits per heavy atom. The average molecular weight is 205 g/mol. The number of benzene rings is 1. The minimum absolute atomic E-state index is 0.108. The van der Waals surface area contributed by atoms with E-state index in [-0.39, 0.29) is 12.0 Å². The van der Waals surface area contributed by atoms with E-state index < -0.39 is 0 Å². The molecule has 0 heterocycles. The van der Waals surface area contributed by atoms with Gasteiger partial charge in [0.05, 0.1) is 5.38 Å². The Balaban J connectivity index is 2.68. The fraction of sp³-hybridized carbons (Fsp3) is 0.333. The van der Waals surface area contributed by atoms with E-state index in [1.54, 1.807) is 12.1 Å². The molecule has 1 aromatic rings. The van der Waals surface area contributed by atoms with E-state index in [1.807, 2.05) is 12.1 Å². The summed E-state index contributed by atoms with van der Waals surface area (Å²) in [5.74, 6) is 0. The Morgan fingerprint density at radius 3 is 2.33 bits per heavy atom. The topological polar surface area (TPSA) is 20.2 Å². The average Bonchev–Trinajstić information content (AvgIpc) is 2.06. The van der Waals surface area contributed by atoms with Crippen molar-refractivity contribution in [2.75, 3.05) is 6.61 Å². The van der Waals surface area contributed by atoms with E-state index in [9.17, 15) is 0 Å². The van der Waals surface area contributed by atoms with Crippen LogP contribution in [0.15, 0.2) is 24.3 Å². The standard InChI is InChI=1S/C9H10Cl2O/c10-8-3-1-7(2-4-8)9(11)5-6-12/h1-4,9,12H,5-6H2/t9-/m0/s1. The fourth-order valence-corrected chi connectivity index (χ4v) is 1.32. The van der Waals surface area contributed by atoms with Gasteiger partial charge in [-0.25, -0.2) is 0 Å². The van der Waals surface area contributed by atoms with Crippen LogP contribution in [0.5, 0.6) is 0 Å². The zero-order chi connectivity index (χ0) is 8.97. The van der Waals surface area contributed by atoms with Crippen molar-refractivity contribution in [1.29, 1.82) is 0 Å². The highest BCUT2D eigenvalue weighted by atomic mass is 35.5. The van der Waals surface area contributed by atoms with Gasteiger partial charge in [-0.2, -0.15) is 0 Å². The maximum Gasteiger partial charge on any atom is 0.0607 e. The third-order valence-corrected chi connectivity index (χ3v) is 2.34. The molecule has 0 saturated carbocycles. The Morgan fingerprint density at radius 2 is 1.83 bits per heavy atom. The highest BCUT2D eigenvalue weighted by molar-refractivity contribution is 6.30. The normalized spacial score (nSPS) is 12.9. The Labute approximate surface area is 81.9 Å². The molecule has 0 aliphatic heterocycles. The number of aliphatic hydroxyl groups excluding tert-OH is 1. The summed E-state index contributed by atoms with van der Waals surface area (Å²) in [4.78, 5) is 0. The second kappa shape index (κ2) is 4.70. The van der Waals surface area contributed by atoms with Crippen molar-refractivity contribution >= 4 is 23.2 Å². The van der Waals surface area contributed by atoms with Crippen LogP contribution in [-0.4, -0.2) is 11.7 Å². The van der Waals surface area contributed by atoms with Gasteiger partial charge in [-0.15, -0.1) is 11.6 Å². The van der Waals surface area contributed by atoms with Crippen LogP contribution >= 0.6 is 23.2 Å². The number of halogens is 2. The summed E-state index contributed by atoms with van der Waals surface area (Å²) in [6.45, 7) is 0.108. The summed E-state index contributed by atoms with van der Waals surface area (Å²) >= 11 is 11.7. The maximum absolute atomic E-state index is 8.64. The van der Waals surface area contributed by atoms with E-state index in [0.717, 1.165) is 5.56 Å². The molecule has 0 unspecified atom stereocenters. The molecular weight excluding hydrogens is 195 g/mol. The molecule has 0 bridgehead atoms. The van der Waals surface area contributed by atoms with Crippen molar-refractivity contribution in [2.45, 2.75) is 11.8 Å². The molecule has 1 aromatic carbocycles. The molecule has 1 atom stereocenters. The second-order valence-electron chi connectivity index (χ2n) is 2.53. The summed E-state index contributed by atoms with van der Waals surface area (Å²) < 4.78 is 0. The largest absolute Gasteiger partial charge is 0.396 e. The van der Waals surface area contributed by atoms with Gasteiger partial charge in [0, 0.05) is 11.6 Å². The van der Waals surface area contributed by atoms with Crippen LogP contribution in [0.1, 0.15) is 17.4 Å². The van der Waals surface area contributed by atoms with Crippen LogP contribution in [-0.2, 0) is 0 Å². The molecule has 66 valence electrons. The van der Waals surface area contributed by atoms with Crippen molar-refractivity contribution in [3.8, 4) is 0 Å². The van der Waals surface area contributed by atoms with Crippen LogP contribution in [0.2, 0.25) is 5.02 Å². The monoisotopic (exact) mass is 204 g/mol. The Bertz CT molecular complexity index is 233. The molecular formula is C9H10Cl2O. The fourth-order valence-electron chi connectivity index (χ4n) is 0.952. The lowest BCUT2D eigenvalue weighted by Crippen LogP contribution is -1.93. The zero-order valence-corrected chi connectivity index (χ0v) is 8.02. The quantitative estimate of drug-likeness (QED) is 0.752. The van der Waals surface area contributed by atoms with Crippen molar-refractivity contribution in [1.82, 2.24) is 0 Å². The van der Waals surface area contributed by atoms with Crippen molar-refractivity contribution in [2.24, 2.45) is 0 Å². The van der Waals surface area contributed by atoms with Gasteiger partial charge in [0.1, 0.15) is 0 Å². The van der Waals surface area contributed by atoms with Gasteiger partial charge >= 0.3 is 0 Å². The molecule has 0 spiro atoms. The van der Waals surface area contributed by atoms with E-state index in [0.29, 0.717) is 11.4 Å². The lowest BCUT2D eigenvalue weighted by Gasteiger charge is -2.06. The van der Waals surface area contributed by atoms with Gasteiger partial charge in [0.25, 0.3) is 0 Å². The molecule has 1 rings (SSSR count). The van der Waals surface area contributed by atoms with Gasteiger partial charge in [0.15, 0.2) is 0 Å². The first-order valence-electron chi connectivity index (χ1n) is 3.74. The lowest BCUT2D eigenvalue weighted by atomic mass is 10.1. The number of rotatable bonds is 3. The van der Waals surface area contributed by atoms with Crippen LogP contribution in [0.4, 0.5) is 0 Å². The first-order valence-corrected chi connectivity index (χ1v) is 4.56. The smallest absolute Gasteiger partial charge is 0.0607 e. The van der Waals surface area contributed by atoms with Crippen molar-refractivity contribution in [3.05, 3.63) is 34.9 Å². The molecule has 0 aromatic heterocycles. The number of alkyl halides is 1. The SMILES string of the molecule is OCC[C@H](Cl)c1ccc(Cl)cc1. The summed E-state index contributed by atoms with van der Waals surface area (Å²) in [6, 6.07) is 7.33. The van der Waals surface area contributed by atoms with Gasteiger partial charge in [0.2, 0.25) is 0 Å². The summed E-state index contributed by atoms with van der Waals surface area (Å²) in [5.41, 5.74) is 0.995. The zero-order valence-electron chi connectivity index (χ0n) is 6.50. The van der Waals surface area contributed by atoms with Crippen molar-refractivity contribution in [3.63, 3.8) is 0 Å². The summed E-state index contributed by atoms with van der Waals surface area (Å²) in [7, 11) is 0. The van der Waals surface area contributed by atoms with Gasteiger partial charge < -0.3 is 5.11 Å². The van der Waals surface area contributed by atoms with Gasteiger partial charge in [-0.05, 0) is 24.1 Å². The van der Waals surface area contributed by atoms with E-state index >= 15 is 0 Å². The van der Waals surface area contributed by atoms with Gasteiger partial charge in [-0.1, -0.05) is 23.7 Å². The van der Waals surface area contributed by atoms with Crippen LogP contribution < -0.4 is 0 Å². The lowest BCUT2D eigenvalue weighted by molar-refractivity contribution is 0.286. The predicted octanol–water partition coefficient (Wildman–Crippen LogP) is 3.00. The third-order valence-electron chi connectivity index (χ3n) is 1.61. The molecule has 0 aliphatic carbocycles. The van der Waals surface area contributed by atoms with Crippen molar-refractivity contribution < 1.29 is 5.11 Å². The van der Waals surface area contributed by atoms with E-state index in [4.69, 9.17) is 28.3 Å². The van der Waals surface area contributed by atoms with Gasteiger partial charge in [-0.3, -0.25) is 0 Å². The molecule has 0 radical (unpaired) electrons. The first-order chi connectivity index (χ1) is 5.74. The predicted molar refractivity (Wildman–Crippen MR) is 51.7 cm³/mol. The minimum Gasteiger partial charge on any atom is -0.396 e. The molecule has 0 aliphatic rings. The Hall–Kier alpha value is -0.240. The number of aliphatic hydroxyl groups is 1. The molecule has 0 fully saturated rings. The van der Waals surface area contributed by atoms with E-state index in [2.05, 4.69) is 0 Å². The molecule has 3 heteroatoms. The summed E-state index contributed by atoms with van der Waals surface area (Å²) in [6.07, 6.45) is 0.573. The second-order valence-corrected chi connectivity index (χ2v) is 3.49. The van der Waals surface area contributed by atoms with Crippen LogP contribution in [0, 0.1) is 0 Å². The molecule has 12 heavy (non-hydrogen) atoms. The number of hydrogen-bond donors (Lipinski definition) is 1. The van der Waals surface area contributed by atoms with Crippen LogP contribution in [0.25, 0.3) is 0 Å². The molecule has 1 nitrogen and oxygen atoms in total. The minimum atomic E-state index is -0.118. The molecule has 0 amide bonds. The first kappa shape index (κ1) is 9.85. The van der Waals surface area contributed by atoms with Crippen LogP contribution in [0.3, 0.4) is 0 Å². The summed E-state index contributed by atoms with van der Waals surface area (Å²) in [5, 5.41) is 9.22. The molecule has 0 saturated heterocycles. The number of hydrogen-bond acceptors (Lipinski definition) is 1. The molecule has 1 N–H and O–H groups in total. The highest BCUT2D eigenvalue weighted by Gasteiger charge is 2.05.